The van der Waals surface area contributed by atoms with Crippen LogP contribution in [0.5, 0.6) is 0 Å². The van der Waals surface area contributed by atoms with Crippen molar-refractivity contribution >= 4 is 12.2 Å². The lowest BCUT2D eigenvalue weighted by Crippen LogP contribution is -1.93. The minimum atomic E-state index is 0.693. The van der Waals surface area contributed by atoms with Gasteiger partial charge in [0.15, 0.2) is 0 Å². The normalized spacial score (nSPS) is 10.2. The second kappa shape index (κ2) is 4.31. The van der Waals surface area contributed by atoms with E-state index in [1.54, 1.807) is 18.5 Å². The van der Waals surface area contributed by atoms with Crippen LogP contribution in [-0.2, 0) is 6.42 Å². The molecule has 0 spiro atoms. The molecule has 0 fully saturated rings. The zero-order chi connectivity index (χ0) is 10.7. The van der Waals surface area contributed by atoms with Crippen LogP contribution in [0.4, 0.5) is 0 Å². The molecule has 2 aromatic heterocycles. The predicted octanol–water partition coefficient (Wildman–Crippen LogP) is 2.76. The summed E-state index contributed by atoms with van der Waals surface area (Å²) in [6.07, 6.45) is 6.27. The van der Waals surface area contributed by atoms with E-state index in [0.717, 1.165) is 17.8 Å². The molecular formula is C11H11N3S. The van der Waals surface area contributed by atoms with Crippen LogP contribution in [0.25, 0.3) is 11.4 Å². The maximum atomic E-state index is 5.07. The summed E-state index contributed by atoms with van der Waals surface area (Å²) in [6, 6.07) is 3.72. The van der Waals surface area contributed by atoms with Gasteiger partial charge in [-0.1, -0.05) is 19.1 Å². The molecule has 0 bridgehead atoms. The number of hydrogen-bond acceptors (Lipinski definition) is 3. The third kappa shape index (κ3) is 2.10. The number of H-pyrrole nitrogens is 1. The van der Waals surface area contributed by atoms with Crippen LogP contribution in [0.2, 0.25) is 0 Å². The van der Waals surface area contributed by atoms with E-state index in [-0.39, 0.29) is 0 Å². The number of pyridine rings is 1. The zero-order valence-corrected chi connectivity index (χ0v) is 9.21. The molecule has 2 heterocycles. The van der Waals surface area contributed by atoms with Gasteiger partial charge in [0.2, 0.25) is 0 Å². The molecule has 4 heteroatoms. The minimum absolute atomic E-state index is 0.693. The van der Waals surface area contributed by atoms with Gasteiger partial charge in [0, 0.05) is 24.2 Å². The fourth-order valence-corrected chi connectivity index (χ4v) is 1.60. The van der Waals surface area contributed by atoms with Gasteiger partial charge < -0.3 is 4.98 Å². The van der Waals surface area contributed by atoms with Gasteiger partial charge in [0.1, 0.15) is 10.5 Å². The number of nitrogens with zero attached hydrogens (tertiary/aromatic N) is 2. The molecule has 76 valence electrons. The van der Waals surface area contributed by atoms with Crippen molar-refractivity contribution in [2.45, 2.75) is 13.3 Å². The van der Waals surface area contributed by atoms with E-state index in [9.17, 15) is 0 Å². The Morgan fingerprint density at radius 1 is 1.33 bits per heavy atom. The summed E-state index contributed by atoms with van der Waals surface area (Å²) in [5.41, 5.74) is 2.24. The number of aromatic nitrogens is 3. The topological polar surface area (TPSA) is 41.6 Å². The lowest BCUT2D eigenvalue weighted by Gasteiger charge is -2.05. The Morgan fingerprint density at radius 2 is 2.20 bits per heavy atom. The minimum Gasteiger partial charge on any atom is -0.331 e. The smallest absolute Gasteiger partial charge is 0.138 e. The van der Waals surface area contributed by atoms with Crippen molar-refractivity contribution in [1.82, 2.24) is 15.0 Å². The van der Waals surface area contributed by atoms with E-state index in [2.05, 4.69) is 21.9 Å². The highest BCUT2D eigenvalue weighted by molar-refractivity contribution is 7.71. The van der Waals surface area contributed by atoms with Crippen molar-refractivity contribution in [3.63, 3.8) is 0 Å². The van der Waals surface area contributed by atoms with Crippen LogP contribution in [0, 0.1) is 4.64 Å². The Labute approximate surface area is 93.2 Å². The highest BCUT2D eigenvalue weighted by Gasteiger charge is 2.04. The summed E-state index contributed by atoms with van der Waals surface area (Å²) in [7, 11) is 0. The van der Waals surface area contributed by atoms with Crippen LogP contribution in [0.15, 0.2) is 30.7 Å². The monoisotopic (exact) mass is 217 g/mol. The lowest BCUT2D eigenvalue weighted by atomic mass is 10.1. The number of hydrogen-bond donors (Lipinski definition) is 1. The van der Waals surface area contributed by atoms with Crippen LogP contribution < -0.4 is 0 Å². The molecule has 0 radical (unpaired) electrons. The van der Waals surface area contributed by atoms with Crippen molar-refractivity contribution < 1.29 is 0 Å². The Hall–Kier alpha value is -1.55. The Morgan fingerprint density at radius 3 is 2.93 bits per heavy atom. The average molecular weight is 217 g/mol. The summed E-state index contributed by atoms with van der Waals surface area (Å²) < 4.78 is 0.693. The fraction of sp³-hybridized carbons (Fsp3) is 0.182. The van der Waals surface area contributed by atoms with Crippen LogP contribution in [-0.4, -0.2) is 15.0 Å². The number of nitrogens with one attached hydrogen (secondary N) is 1. The van der Waals surface area contributed by atoms with Crippen molar-refractivity contribution in [1.29, 1.82) is 0 Å². The third-order valence-corrected chi connectivity index (χ3v) is 2.45. The van der Waals surface area contributed by atoms with Gasteiger partial charge in [-0.25, -0.2) is 4.98 Å². The summed E-state index contributed by atoms with van der Waals surface area (Å²) >= 11 is 5.07. The molecule has 0 saturated heterocycles. The average Bonchev–Trinajstić information content (AvgIpc) is 2.29. The number of rotatable bonds is 2. The summed E-state index contributed by atoms with van der Waals surface area (Å²) in [5.74, 6) is 0.807. The Bertz CT molecular complexity index is 519. The first-order chi connectivity index (χ1) is 7.31. The van der Waals surface area contributed by atoms with Crippen molar-refractivity contribution in [2.24, 2.45) is 0 Å². The molecule has 2 aromatic rings. The largest absolute Gasteiger partial charge is 0.331 e. The molecule has 0 aromatic carbocycles. The standard InChI is InChI=1S/C11H11N3S/c1-2-8-7-12-5-3-9(8)11-13-6-4-10(15)14-11/h3-7H,2H2,1H3,(H,13,14,15). The molecule has 15 heavy (non-hydrogen) atoms. The summed E-state index contributed by atoms with van der Waals surface area (Å²) in [5, 5.41) is 0. The molecule has 0 aliphatic rings. The van der Waals surface area contributed by atoms with Gasteiger partial charge in [-0.05, 0) is 24.1 Å². The molecule has 0 unspecified atom stereocenters. The van der Waals surface area contributed by atoms with Gasteiger partial charge in [-0.2, -0.15) is 0 Å². The van der Waals surface area contributed by atoms with E-state index in [0.29, 0.717) is 4.64 Å². The Balaban J connectivity index is 2.58. The number of aryl methyl sites for hydroxylation is 1. The van der Waals surface area contributed by atoms with E-state index < -0.39 is 0 Å². The van der Waals surface area contributed by atoms with E-state index in [1.807, 2.05) is 12.3 Å². The fourth-order valence-electron chi connectivity index (χ4n) is 1.45. The molecule has 0 atom stereocenters. The van der Waals surface area contributed by atoms with Crippen molar-refractivity contribution in [3.05, 3.63) is 40.9 Å². The van der Waals surface area contributed by atoms with Gasteiger partial charge in [0.25, 0.3) is 0 Å². The first-order valence-electron chi connectivity index (χ1n) is 4.80. The molecule has 0 amide bonds. The lowest BCUT2D eigenvalue weighted by molar-refractivity contribution is 1.08. The highest BCUT2D eigenvalue weighted by atomic mass is 32.1. The van der Waals surface area contributed by atoms with Crippen LogP contribution in [0.3, 0.4) is 0 Å². The first kappa shape index (κ1) is 9.98. The van der Waals surface area contributed by atoms with Crippen molar-refractivity contribution in [3.8, 4) is 11.4 Å². The molecule has 0 aliphatic heterocycles. The highest BCUT2D eigenvalue weighted by Crippen LogP contribution is 2.18. The maximum absolute atomic E-state index is 5.07. The molecule has 1 N–H and O–H groups in total. The first-order valence-corrected chi connectivity index (χ1v) is 5.20. The van der Waals surface area contributed by atoms with Crippen molar-refractivity contribution in [2.75, 3.05) is 0 Å². The molecule has 3 nitrogen and oxygen atoms in total. The molecule has 2 rings (SSSR count). The van der Waals surface area contributed by atoms with E-state index in [1.165, 1.54) is 5.56 Å². The Kier molecular flexibility index (Phi) is 2.87. The van der Waals surface area contributed by atoms with Crippen LogP contribution >= 0.6 is 12.2 Å². The SMILES string of the molecule is CCc1cnccc1-c1nccc(=S)[nH]1. The van der Waals surface area contributed by atoms with Gasteiger partial charge >= 0.3 is 0 Å². The molecule has 0 aliphatic carbocycles. The van der Waals surface area contributed by atoms with Gasteiger partial charge in [-0.3, -0.25) is 4.98 Å². The van der Waals surface area contributed by atoms with E-state index >= 15 is 0 Å². The molecule has 0 saturated carbocycles. The van der Waals surface area contributed by atoms with Crippen LogP contribution in [0.1, 0.15) is 12.5 Å². The number of aromatic amines is 1. The van der Waals surface area contributed by atoms with Gasteiger partial charge in [-0.15, -0.1) is 0 Å². The zero-order valence-electron chi connectivity index (χ0n) is 8.40. The molecular weight excluding hydrogens is 206 g/mol. The second-order valence-corrected chi connectivity index (χ2v) is 3.61. The summed E-state index contributed by atoms with van der Waals surface area (Å²) in [6.45, 7) is 2.10. The predicted molar refractivity (Wildman–Crippen MR) is 62.0 cm³/mol. The summed E-state index contributed by atoms with van der Waals surface area (Å²) in [4.78, 5) is 11.4. The third-order valence-electron chi connectivity index (χ3n) is 2.21. The maximum Gasteiger partial charge on any atom is 0.138 e. The quantitative estimate of drug-likeness (QED) is 0.786. The second-order valence-electron chi connectivity index (χ2n) is 3.17. The van der Waals surface area contributed by atoms with E-state index in [4.69, 9.17) is 12.2 Å². The van der Waals surface area contributed by atoms with Gasteiger partial charge in [0.05, 0.1) is 0 Å².